The van der Waals surface area contributed by atoms with Crippen LogP contribution < -0.4 is 10.5 Å². The Labute approximate surface area is 874 Å². The van der Waals surface area contributed by atoms with Crippen LogP contribution in [0.1, 0.15) is 104 Å². The maximum Gasteiger partial charge on any atom is 0.417 e. The lowest BCUT2D eigenvalue weighted by Gasteiger charge is -2.08. The number of hydrogen-bond acceptors (Lipinski definition) is 16. The van der Waals surface area contributed by atoms with E-state index in [1.165, 1.54) is 44.1 Å². The van der Waals surface area contributed by atoms with E-state index in [2.05, 4.69) is 75.1 Å². The molecule has 0 saturated heterocycles. The fraction of sp³-hybridized carbons (Fsp3) is 0.173. The molecule has 14 aromatic heterocycles. The van der Waals surface area contributed by atoms with Crippen LogP contribution in [-0.4, -0.2) is 115 Å². The molecule has 0 radical (unpaired) electrons. The molecule has 1 atom stereocenters. The van der Waals surface area contributed by atoms with Crippen LogP contribution in [0.2, 0.25) is 25.1 Å². The van der Waals surface area contributed by atoms with Crippen LogP contribution in [0, 0.1) is 27.7 Å². The molecule has 21 aromatic rings. The monoisotopic (exact) mass is 2180 g/mol. The Morgan fingerprint density at radius 3 is 1.00 bits per heavy atom. The molecule has 0 aliphatic rings. The zero-order valence-corrected chi connectivity index (χ0v) is 85.1. The highest BCUT2D eigenvalue weighted by Gasteiger charge is 2.35. The van der Waals surface area contributed by atoms with Gasteiger partial charge in [0.25, 0.3) is 0 Å². The smallest absolute Gasteiger partial charge is 0.417 e. The fourth-order valence-electron chi connectivity index (χ4n) is 16.5. The highest BCUT2D eigenvalue weighted by molar-refractivity contribution is 9.10. The van der Waals surface area contributed by atoms with Gasteiger partial charge in [-0.1, -0.05) is 189 Å². The third kappa shape index (κ3) is 24.7. The summed E-state index contributed by atoms with van der Waals surface area (Å²) in [5.41, 5.74) is 27.3. The second-order valence-electron chi connectivity index (χ2n) is 34.0. The number of nitrogens with zero attached hydrogens (tertiary/aromatic N) is 14. The van der Waals surface area contributed by atoms with Crippen molar-refractivity contribution in [3.63, 3.8) is 0 Å². The van der Waals surface area contributed by atoms with E-state index in [1.807, 2.05) is 185 Å². The van der Waals surface area contributed by atoms with Gasteiger partial charge in [0.15, 0.2) is 0 Å². The number of halogens is 15. The van der Waals surface area contributed by atoms with E-state index in [1.54, 1.807) is 79.7 Å². The molecule has 14 heterocycles. The molecule has 9 N–H and O–H groups in total. The van der Waals surface area contributed by atoms with E-state index in [0.29, 0.717) is 111 Å². The van der Waals surface area contributed by atoms with Crippen molar-refractivity contribution >= 4 is 113 Å². The van der Waals surface area contributed by atoms with Gasteiger partial charge in [0.05, 0.1) is 159 Å². The number of aryl methyl sites for hydroxylation is 5. The van der Waals surface area contributed by atoms with Crippen LogP contribution in [0.25, 0.3) is 118 Å². The molecule has 38 heteroatoms. The predicted octanol–water partition coefficient (Wildman–Crippen LogP) is 26.2. The van der Waals surface area contributed by atoms with Crippen molar-refractivity contribution < 1.29 is 80.0 Å². The van der Waals surface area contributed by atoms with Crippen LogP contribution in [-0.2, 0) is 64.6 Å². The first-order valence-corrected chi connectivity index (χ1v) is 48.4. The van der Waals surface area contributed by atoms with Gasteiger partial charge in [-0.3, -0.25) is 0 Å². The van der Waals surface area contributed by atoms with Crippen molar-refractivity contribution in [3.8, 4) is 84.6 Å². The van der Waals surface area contributed by atoms with E-state index in [9.17, 15) is 75.3 Å². The highest BCUT2D eigenvalue weighted by Crippen LogP contribution is 2.41. The van der Waals surface area contributed by atoms with E-state index in [4.69, 9.17) is 68.5 Å². The molecular weight excluding hydrogens is 2090 g/mol. The molecule has 0 spiro atoms. The molecule has 0 saturated carbocycles. The van der Waals surface area contributed by atoms with Gasteiger partial charge in [0, 0.05) is 102 Å². The largest absolute Gasteiger partial charge is 0.497 e. The summed E-state index contributed by atoms with van der Waals surface area (Å²) in [6.45, 7) is 9.03. The third-order valence-corrected chi connectivity index (χ3v) is 25.6. The first-order chi connectivity index (χ1) is 70.8. The van der Waals surface area contributed by atoms with Crippen LogP contribution in [0.5, 0.6) is 5.75 Å². The number of hydrogen-bond donors (Lipinski definition) is 8. The quantitative estimate of drug-likeness (QED) is 0.0370. The third-order valence-electron chi connectivity index (χ3n) is 23.7. The number of pyridine rings is 7. The Morgan fingerprint density at radius 2 is 0.642 bits per heavy atom. The molecule has 7 aromatic carbocycles. The molecule has 0 amide bonds. The van der Waals surface area contributed by atoms with Gasteiger partial charge in [0.1, 0.15) is 45.3 Å². The van der Waals surface area contributed by atoms with Gasteiger partial charge in [-0.2, -0.15) is 39.5 Å². The molecule has 0 aliphatic carbocycles. The topological polar surface area (TPSA) is 298 Å². The number of aliphatic hydroxyl groups is 7. The first-order valence-electron chi connectivity index (χ1n) is 45.7. The van der Waals surface area contributed by atoms with E-state index < -0.39 is 61.1 Å². The average molecular weight is 2180 g/mol. The Morgan fingerprint density at radius 1 is 0.331 bits per heavy atom. The first kappa shape index (κ1) is 108. The maximum atomic E-state index is 12.9. The van der Waals surface area contributed by atoms with Gasteiger partial charge >= 0.3 is 18.5 Å². The summed E-state index contributed by atoms with van der Waals surface area (Å²) in [6, 6.07) is 72.1. The summed E-state index contributed by atoms with van der Waals surface area (Å²) in [6.07, 6.45) is -1.22. The molecule has 0 bridgehead atoms. The van der Waals surface area contributed by atoms with E-state index in [-0.39, 0.29) is 19.8 Å². The van der Waals surface area contributed by atoms with Crippen molar-refractivity contribution in [2.75, 3.05) is 13.7 Å². The molecule has 148 heavy (non-hydrogen) atoms. The molecule has 0 aliphatic heterocycles. The van der Waals surface area contributed by atoms with Crippen molar-refractivity contribution in [2.24, 2.45) is 5.73 Å². The van der Waals surface area contributed by atoms with Crippen molar-refractivity contribution in [3.05, 3.63) is 406 Å². The number of imidazole rings is 7. The maximum absolute atomic E-state index is 12.9. The van der Waals surface area contributed by atoms with E-state index >= 15 is 0 Å². The van der Waals surface area contributed by atoms with Gasteiger partial charge < -0.3 is 77.0 Å². The minimum absolute atomic E-state index is 0.0329. The molecule has 0 fully saturated rings. The second-order valence-corrected chi connectivity index (χ2v) is 37.1. The summed E-state index contributed by atoms with van der Waals surface area (Å²) in [7, 11) is 1.52. The lowest BCUT2D eigenvalue weighted by atomic mass is 10.0. The summed E-state index contributed by atoms with van der Waals surface area (Å²) >= 11 is 33.4. The van der Waals surface area contributed by atoms with Crippen LogP contribution in [0.4, 0.5) is 39.5 Å². The molecule has 762 valence electrons. The summed E-state index contributed by atoms with van der Waals surface area (Å²) in [5.74, 6) is 0.597. The number of fused-ring (bicyclic) bond motifs is 7. The SMILES string of the molecule is COc1cccc(-c2nc3ccc(C(F)(F)F)cn3c2CO)c1.Cc1ccc2nc(-c3ccc(CCCN)cc3)c(CO)n2c1.Cc1ccc2nc(-c3ccc(Cl)cc3)c(C(C)O)n2c1.Cc1ccc2nc(-c3ccc(Cl)cc3Cl)c(CO)n2c1.Cc1ccc2nc(-c3ccccc3Cl)c(CO)n2c1.OCc1c(-c2ccc(Br)cc2)nc2ccc(C(F)(F)F)cn12.OCc1c(-c2ccc(Cl)cc2)nc2ccc(C(F)(F)F)cn12. The van der Waals surface area contributed by atoms with E-state index in [0.717, 1.165) is 161 Å². The molecule has 21 rings (SSSR count). The molecule has 23 nitrogen and oxygen atoms in total. The van der Waals surface area contributed by atoms with Crippen molar-refractivity contribution in [1.82, 2.24) is 65.7 Å². The fourth-order valence-corrected chi connectivity index (χ4v) is 17.7. The standard InChI is InChI=1S/C18H21N3O.C16H15ClN2O.C16H13F3N2O2.C15H10BrF3N2O.C15H12Cl2N2O.C15H10ClF3N2O.C15H13ClN2O/c1-13-4-9-17-20-18(16(12-22)21(17)11-13)15-7-5-14(6-8-15)3-2-10-19;1-10-3-8-14-18-15(12-4-6-13(17)7-5-12)16(11(2)20)19(14)9-10;1-23-12-4-2-3-10(7-12)15-13(9-22)21-8-11(16(17,18)19)5-6-14(21)20-15;16-11-4-1-9(2-5-11)14-12(8-22)21-7-10(15(17,18)19)3-6-13(21)20-14;1-9-2-5-14-18-15(13(8-20)19(14)7-9)11-4-3-10(16)6-12(11)17;16-11-4-1-9(2-5-11)14-12(8-22)21-7-10(15(17,18)19)3-6-13(21)20-14;1-10-6-7-14-17-15(13(9-19)18(14)8-10)11-4-2-3-5-12(11)16/h4-9,11,22H,2-3,10,12,19H2,1H3;3-9,11,20H,1-2H3;2-8,22H,9H2,1H3;1-7,22H,8H2;2-7,20H,8H2,1H3;1-7,22H,8H2;2-8,19H,9H2,1H3. The Balaban J connectivity index is 0.000000129. The summed E-state index contributed by atoms with van der Waals surface area (Å²) in [5, 5.41) is 70.9. The zero-order chi connectivity index (χ0) is 106. The Bertz CT molecular complexity index is 8160. The lowest BCUT2D eigenvalue weighted by Crippen LogP contribution is -2.07. The molecule has 1 unspecified atom stereocenters. The number of nitrogens with two attached hydrogens (primary N) is 1. The minimum atomic E-state index is -4.46. The number of ether oxygens (including phenoxy) is 1. The number of methoxy groups -OCH3 is 1. The highest BCUT2D eigenvalue weighted by atomic mass is 79.9. The second kappa shape index (κ2) is 47.1. The van der Waals surface area contributed by atoms with Crippen LogP contribution >= 0.6 is 73.9 Å². The molecular formula is C110H94BrCl5F9N15O8. The Hall–Kier alpha value is -13.9. The van der Waals surface area contributed by atoms with Gasteiger partial charge in [0.2, 0.25) is 0 Å². The summed E-state index contributed by atoms with van der Waals surface area (Å²) in [4.78, 5) is 31.4. The van der Waals surface area contributed by atoms with Crippen molar-refractivity contribution in [2.45, 2.75) is 112 Å². The van der Waals surface area contributed by atoms with Gasteiger partial charge in [-0.15, -0.1) is 0 Å². The zero-order valence-electron chi connectivity index (χ0n) is 79.7. The van der Waals surface area contributed by atoms with Gasteiger partial charge in [-0.05, 0) is 215 Å². The van der Waals surface area contributed by atoms with Crippen LogP contribution in [0.15, 0.2) is 297 Å². The van der Waals surface area contributed by atoms with Crippen LogP contribution in [0.3, 0.4) is 0 Å². The number of benzene rings is 7. The number of aromatic nitrogens is 14. The predicted molar refractivity (Wildman–Crippen MR) is 561 cm³/mol. The van der Waals surface area contributed by atoms with Gasteiger partial charge in [-0.25, -0.2) is 34.9 Å². The number of aliphatic hydroxyl groups excluding tert-OH is 7. The Kier molecular flexibility index (Phi) is 34.5. The normalized spacial score (nSPS) is 11.8. The number of rotatable bonds is 18. The van der Waals surface area contributed by atoms with Crippen molar-refractivity contribution in [1.29, 1.82) is 0 Å². The minimum Gasteiger partial charge on any atom is -0.497 e. The number of alkyl halides is 9. The summed E-state index contributed by atoms with van der Waals surface area (Å²) < 4.78 is 133. The lowest BCUT2D eigenvalue weighted by molar-refractivity contribution is -0.138. The average Bonchev–Trinajstić information content (AvgIpc) is 1.63.